The molecule has 6 aromatic rings. The number of azo groups is 1. The zero-order valence-corrected chi connectivity index (χ0v) is 52.5. The summed E-state index contributed by atoms with van der Waals surface area (Å²) in [5.41, 5.74) is 38.4. The standard InChI is InChI=1S/C72H90N10/c1-17-39-43(21-5)59-35-63-47(25-9)51(29-13)67(77-63)71(68-52(30-14)48(26-10)64(78-68)36-60-44(22-6)40(18-2)56(74-60)33-55(39)73-59)81-82-72-69-53(31-15)49(27-11)65(79-69)37-61-45(23-7)41(19-3)57(75-61)34-58-42(20-4)46(24-8)62(76-58)38-66-50(28-12)54(32-16)70(72)80-66/h33-38,73,75,78,80H,17-32H2,1-16H3. The molecular weight excluding hydrogens is 1000 g/mol. The summed E-state index contributed by atoms with van der Waals surface area (Å²) in [6.07, 6.45) is 13.7. The molecular formula is C72H90N10. The Morgan fingerprint density at radius 1 is 0.244 bits per heavy atom. The topological polar surface area (TPSA) is 139 Å². The summed E-state index contributed by atoms with van der Waals surface area (Å²) in [6.45, 7) is 36.4. The van der Waals surface area contributed by atoms with E-state index < -0.39 is 0 Å². The molecule has 0 aliphatic carbocycles. The van der Waals surface area contributed by atoms with Crippen LogP contribution in [0.25, 0.3) is 88.7 Å². The molecule has 4 aliphatic heterocycles. The van der Waals surface area contributed by atoms with Crippen LogP contribution in [0.2, 0.25) is 0 Å². The van der Waals surface area contributed by atoms with Crippen LogP contribution in [0.5, 0.6) is 0 Å². The number of rotatable bonds is 18. The average molecular weight is 1100 g/mol. The first kappa shape index (κ1) is 58.0. The third-order valence-corrected chi connectivity index (χ3v) is 18.4. The molecule has 0 atom stereocenters. The minimum atomic E-state index is 0.748. The fraction of sp³-hybridized carbons (Fsp3) is 0.444. The van der Waals surface area contributed by atoms with E-state index in [2.05, 4.69) is 167 Å². The van der Waals surface area contributed by atoms with Crippen molar-refractivity contribution < 1.29 is 0 Å². The molecule has 10 heterocycles. The Balaban J connectivity index is 1.43. The number of fused-ring (bicyclic) bond motifs is 16. The Hall–Kier alpha value is -7.20. The highest BCUT2D eigenvalue weighted by Gasteiger charge is 2.29. The van der Waals surface area contributed by atoms with Gasteiger partial charge in [-0.2, -0.15) is 0 Å². The molecule has 0 spiro atoms. The summed E-state index contributed by atoms with van der Waals surface area (Å²) in [6, 6.07) is 13.9. The minimum absolute atomic E-state index is 0.748. The number of H-pyrrole nitrogens is 4. The quantitative estimate of drug-likeness (QED) is 0.0637. The summed E-state index contributed by atoms with van der Waals surface area (Å²) in [5.74, 6) is 0. The molecule has 0 unspecified atom stereocenters. The third kappa shape index (κ3) is 9.59. The van der Waals surface area contributed by atoms with Crippen LogP contribution in [0.3, 0.4) is 0 Å². The summed E-state index contributed by atoms with van der Waals surface area (Å²) in [5, 5.41) is 11.5. The SMILES string of the molecule is CCC1=C(CC)c2cc3[nH]c(c(CC)c3CC)c(N=Nc3c4nc(cc5[nH]c(cc6nc(cc7[nH]c3c(CC)c7CC)C(CC)=C6CC)c(CC)c5CC)C(CC)=C4CC)c3nc(cc4[nH]c(cc1n2)c(CC)c4CC)C(CC)=C3CC. The van der Waals surface area contributed by atoms with Crippen molar-refractivity contribution in [3.05, 3.63) is 126 Å². The highest BCUT2D eigenvalue weighted by Crippen LogP contribution is 2.47. The number of hydrogen-bond acceptors (Lipinski definition) is 6. The number of aromatic nitrogens is 8. The van der Waals surface area contributed by atoms with Gasteiger partial charge in [0, 0.05) is 33.1 Å². The normalized spacial score (nSPS) is 13.9. The van der Waals surface area contributed by atoms with Crippen LogP contribution >= 0.6 is 0 Å². The van der Waals surface area contributed by atoms with Crippen LogP contribution < -0.4 is 0 Å². The van der Waals surface area contributed by atoms with Crippen molar-refractivity contribution >= 4 is 100 Å². The first-order chi connectivity index (χ1) is 39.9. The Labute approximate surface area is 487 Å². The third-order valence-electron chi connectivity index (χ3n) is 18.4. The van der Waals surface area contributed by atoms with Gasteiger partial charge in [0.1, 0.15) is 11.4 Å². The molecule has 428 valence electrons. The molecule has 10 nitrogen and oxygen atoms in total. The maximum absolute atomic E-state index is 5.79. The van der Waals surface area contributed by atoms with E-state index >= 15 is 0 Å². The van der Waals surface area contributed by atoms with Crippen molar-refractivity contribution in [3.8, 4) is 0 Å². The van der Waals surface area contributed by atoms with Gasteiger partial charge in [-0.25, -0.2) is 19.9 Å². The summed E-state index contributed by atoms with van der Waals surface area (Å²) in [4.78, 5) is 38.7. The number of allylic oxidation sites excluding steroid dienone is 8. The van der Waals surface area contributed by atoms with Crippen LogP contribution in [0.1, 0.15) is 252 Å². The molecule has 0 aromatic carbocycles. The predicted molar refractivity (Wildman–Crippen MR) is 351 cm³/mol. The highest BCUT2D eigenvalue weighted by molar-refractivity contribution is 6.02. The second kappa shape index (κ2) is 24.3. The smallest absolute Gasteiger partial charge is 0.135 e. The van der Waals surface area contributed by atoms with Gasteiger partial charge in [-0.15, -0.1) is 10.2 Å². The molecule has 10 heteroatoms. The van der Waals surface area contributed by atoms with Gasteiger partial charge >= 0.3 is 0 Å². The largest absolute Gasteiger partial charge is 0.355 e. The van der Waals surface area contributed by atoms with Crippen LogP contribution in [0.15, 0.2) is 46.6 Å². The lowest BCUT2D eigenvalue weighted by Crippen LogP contribution is -1.90. The van der Waals surface area contributed by atoms with Gasteiger partial charge in [-0.1, -0.05) is 111 Å². The Morgan fingerprint density at radius 3 is 0.683 bits per heavy atom. The fourth-order valence-corrected chi connectivity index (χ4v) is 14.6. The van der Waals surface area contributed by atoms with E-state index in [0.29, 0.717) is 0 Å². The first-order valence-corrected chi connectivity index (χ1v) is 31.9. The van der Waals surface area contributed by atoms with Gasteiger partial charge in [-0.05, 0) is 228 Å². The van der Waals surface area contributed by atoms with Gasteiger partial charge in [0.25, 0.3) is 0 Å². The summed E-state index contributed by atoms with van der Waals surface area (Å²) < 4.78 is 0. The van der Waals surface area contributed by atoms with Gasteiger partial charge in [0.2, 0.25) is 0 Å². The maximum atomic E-state index is 5.79. The molecule has 0 saturated heterocycles. The van der Waals surface area contributed by atoms with E-state index in [-0.39, 0.29) is 0 Å². The van der Waals surface area contributed by atoms with Crippen molar-refractivity contribution in [2.75, 3.05) is 0 Å². The predicted octanol–water partition coefficient (Wildman–Crippen LogP) is 20.8. The van der Waals surface area contributed by atoms with E-state index in [0.717, 1.165) is 204 Å². The zero-order chi connectivity index (χ0) is 58.3. The molecule has 4 N–H and O–H groups in total. The zero-order valence-electron chi connectivity index (χ0n) is 52.5. The summed E-state index contributed by atoms with van der Waals surface area (Å²) >= 11 is 0. The lowest BCUT2D eigenvalue weighted by Gasteiger charge is -2.08. The van der Waals surface area contributed by atoms with Gasteiger partial charge in [0.15, 0.2) is 0 Å². The van der Waals surface area contributed by atoms with Crippen LogP contribution in [0.4, 0.5) is 11.4 Å². The molecule has 82 heavy (non-hydrogen) atoms. The van der Waals surface area contributed by atoms with Crippen molar-refractivity contribution in [2.45, 2.75) is 214 Å². The van der Waals surface area contributed by atoms with Crippen LogP contribution in [0, 0.1) is 0 Å². The molecule has 16 bridgehead atoms. The maximum Gasteiger partial charge on any atom is 0.135 e. The van der Waals surface area contributed by atoms with E-state index in [4.69, 9.17) is 30.2 Å². The Kier molecular flexibility index (Phi) is 17.2. The minimum Gasteiger partial charge on any atom is -0.355 e. The summed E-state index contributed by atoms with van der Waals surface area (Å²) in [7, 11) is 0. The van der Waals surface area contributed by atoms with Gasteiger partial charge < -0.3 is 19.9 Å². The van der Waals surface area contributed by atoms with E-state index in [9.17, 15) is 0 Å². The van der Waals surface area contributed by atoms with Gasteiger partial charge in [-0.3, -0.25) is 0 Å². The monoisotopic (exact) mass is 1090 g/mol. The molecule has 6 aromatic heterocycles. The molecule has 0 radical (unpaired) electrons. The number of hydrogen-bond donors (Lipinski definition) is 4. The second-order valence-electron chi connectivity index (χ2n) is 22.3. The van der Waals surface area contributed by atoms with Gasteiger partial charge in [0.05, 0.1) is 56.6 Å². The lowest BCUT2D eigenvalue weighted by atomic mass is 9.97. The van der Waals surface area contributed by atoms with E-state index in [1.54, 1.807) is 0 Å². The highest BCUT2D eigenvalue weighted by atomic mass is 15.1. The first-order valence-electron chi connectivity index (χ1n) is 31.9. The van der Waals surface area contributed by atoms with E-state index in [1.807, 2.05) is 0 Å². The van der Waals surface area contributed by atoms with E-state index in [1.165, 1.54) is 89.1 Å². The number of nitrogens with zero attached hydrogens (tertiary/aromatic N) is 6. The number of aromatic amines is 4. The molecule has 0 saturated carbocycles. The average Bonchev–Trinajstić information content (AvgIpc) is 4.51. The Morgan fingerprint density at radius 2 is 0.451 bits per heavy atom. The van der Waals surface area contributed by atoms with Crippen molar-refractivity contribution in [1.29, 1.82) is 0 Å². The van der Waals surface area contributed by atoms with Crippen molar-refractivity contribution in [3.63, 3.8) is 0 Å². The van der Waals surface area contributed by atoms with Crippen LogP contribution in [-0.4, -0.2) is 39.9 Å². The van der Waals surface area contributed by atoms with Crippen molar-refractivity contribution in [1.82, 2.24) is 39.9 Å². The molecule has 0 fully saturated rings. The second-order valence-corrected chi connectivity index (χ2v) is 22.3. The number of nitrogens with one attached hydrogen (secondary N) is 4. The Bertz CT molecular complexity index is 3790. The molecule has 0 amide bonds. The molecule has 10 rings (SSSR count). The molecule has 4 aliphatic rings. The lowest BCUT2D eigenvalue weighted by molar-refractivity contribution is 1.07. The fourth-order valence-electron chi connectivity index (χ4n) is 14.6. The van der Waals surface area contributed by atoms with Crippen LogP contribution in [-0.2, 0) is 51.4 Å². The van der Waals surface area contributed by atoms with Crippen molar-refractivity contribution in [2.24, 2.45) is 10.2 Å². The number of aryl methyl sites for hydroxylation is 8.